The van der Waals surface area contributed by atoms with Crippen LogP contribution in [0.3, 0.4) is 0 Å². The van der Waals surface area contributed by atoms with E-state index in [2.05, 4.69) is 33.2 Å². The second kappa shape index (κ2) is 11.7. The maximum atomic E-state index is 14.4. The highest BCUT2D eigenvalue weighted by Gasteiger charge is 2.61. The Morgan fingerprint density at radius 1 is 1.05 bits per heavy atom. The minimum absolute atomic E-state index is 0.101. The largest absolute Gasteiger partial charge is 0.490 e. The molecule has 3 aromatic rings. The lowest BCUT2D eigenvalue weighted by molar-refractivity contribution is -0.131. The van der Waals surface area contributed by atoms with E-state index in [-0.39, 0.29) is 36.8 Å². The molecule has 0 radical (unpaired) electrons. The number of carbonyl (C=O) groups excluding carboxylic acids is 3. The highest BCUT2D eigenvalue weighted by Crippen LogP contribution is 2.58. The van der Waals surface area contributed by atoms with Crippen molar-refractivity contribution in [3.8, 4) is 5.75 Å². The summed E-state index contributed by atoms with van der Waals surface area (Å²) >= 11 is 15.0. The van der Waals surface area contributed by atoms with Crippen LogP contribution in [0.2, 0.25) is 10.0 Å². The summed E-state index contributed by atoms with van der Waals surface area (Å²) in [5.74, 6) is -0.650. The summed E-state index contributed by atoms with van der Waals surface area (Å²) in [7, 11) is 0. The molecular formula is C31H29Cl2IN4O4. The van der Waals surface area contributed by atoms with Crippen LogP contribution in [0.25, 0.3) is 0 Å². The van der Waals surface area contributed by atoms with Gasteiger partial charge in [-0.25, -0.2) is 0 Å². The summed E-state index contributed by atoms with van der Waals surface area (Å²) in [6.45, 7) is 1.59. The summed E-state index contributed by atoms with van der Waals surface area (Å²) in [5.41, 5.74) is 7.09. The Morgan fingerprint density at radius 3 is 2.55 bits per heavy atom. The number of hydrogen-bond acceptors (Lipinski definition) is 5. The first kappa shape index (κ1) is 29.2. The van der Waals surface area contributed by atoms with E-state index in [4.69, 9.17) is 33.7 Å². The zero-order valence-electron chi connectivity index (χ0n) is 22.5. The lowest BCUT2D eigenvalue weighted by atomic mass is 9.59. The van der Waals surface area contributed by atoms with Gasteiger partial charge in [-0.3, -0.25) is 19.3 Å². The van der Waals surface area contributed by atoms with Gasteiger partial charge >= 0.3 is 0 Å². The molecule has 0 aliphatic carbocycles. The molecule has 4 N–H and O–H groups in total. The molecule has 3 aliphatic heterocycles. The molecule has 0 bridgehead atoms. The van der Waals surface area contributed by atoms with E-state index >= 15 is 0 Å². The van der Waals surface area contributed by atoms with Gasteiger partial charge in [0.1, 0.15) is 17.3 Å². The predicted octanol–water partition coefficient (Wildman–Crippen LogP) is 5.16. The number of hydrogen-bond donors (Lipinski definition) is 3. The summed E-state index contributed by atoms with van der Waals surface area (Å²) in [6.07, 6.45) is 1.43. The number of nitrogens with one attached hydrogen (secondary N) is 2. The Morgan fingerprint density at radius 2 is 1.81 bits per heavy atom. The third-order valence-electron chi connectivity index (χ3n) is 8.49. The molecule has 0 aromatic heterocycles. The number of fused-ring (bicyclic) bond motifs is 2. The van der Waals surface area contributed by atoms with Gasteiger partial charge in [-0.15, -0.1) is 0 Å². The summed E-state index contributed by atoms with van der Waals surface area (Å²) < 4.78 is 7.56. The summed E-state index contributed by atoms with van der Waals surface area (Å²) in [6, 6.07) is 17.9. The van der Waals surface area contributed by atoms with E-state index < -0.39 is 17.4 Å². The Bertz CT molecular complexity index is 1580. The standard InChI is InChI=1S/C31H29Cl2IN4O4/c32-18-3-1-2-17(12-18)24-15-28(40)37-29(31(24)23-6-4-19(33)13-25(23)36-30(31)41)22-14-20(34)5-7-26(22)42-21-8-10-38(11-9-21)16-27(35)39/h1-7,12-14,21,24,29H,8-11,15-16H2,(H2,35,39)(H,36,41)(H,37,40)/t24-,29+,31?/m0/s1. The molecule has 218 valence electrons. The van der Waals surface area contributed by atoms with Gasteiger partial charge in [0, 0.05) is 50.3 Å². The molecule has 1 spiro atoms. The van der Waals surface area contributed by atoms with Crippen molar-refractivity contribution in [2.75, 3.05) is 25.0 Å². The first-order chi connectivity index (χ1) is 20.1. The maximum Gasteiger partial charge on any atom is 0.238 e. The smallest absolute Gasteiger partial charge is 0.238 e. The monoisotopic (exact) mass is 718 g/mol. The average Bonchev–Trinajstić information content (AvgIpc) is 3.22. The van der Waals surface area contributed by atoms with E-state index in [1.807, 2.05) is 47.4 Å². The molecule has 0 saturated carbocycles. The Labute approximate surface area is 267 Å². The van der Waals surface area contributed by atoms with Crippen LogP contribution in [0.5, 0.6) is 5.75 Å². The molecular weight excluding hydrogens is 690 g/mol. The van der Waals surface area contributed by atoms with Crippen molar-refractivity contribution in [3.63, 3.8) is 0 Å². The molecule has 11 heteroatoms. The number of nitrogens with zero attached hydrogens (tertiary/aromatic N) is 1. The maximum absolute atomic E-state index is 14.4. The van der Waals surface area contributed by atoms with Crippen LogP contribution in [0.1, 0.15) is 47.9 Å². The topological polar surface area (TPSA) is 114 Å². The van der Waals surface area contributed by atoms with Crippen LogP contribution < -0.4 is 21.1 Å². The number of likely N-dealkylation sites (tertiary alicyclic amines) is 1. The van der Waals surface area contributed by atoms with Gasteiger partial charge < -0.3 is 21.1 Å². The van der Waals surface area contributed by atoms with Crippen LogP contribution >= 0.6 is 45.8 Å². The van der Waals surface area contributed by atoms with Crippen molar-refractivity contribution in [1.82, 2.24) is 10.2 Å². The molecule has 3 atom stereocenters. The Kier molecular flexibility index (Phi) is 8.12. The van der Waals surface area contributed by atoms with Crippen molar-refractivity contribution >= 4 is 69.2 Å². The Balaban J connectivity index is 1.46. The second-order valence-corrected chi connectivity index (χ2v) is 13.2. The fraction of sp³-hybridized carbons (Fsp3) is 0.323. The van der Waals surface area contributed by atoms with Crippen molar-refractivity contribution in [3.05, 3.63) is 91.0 Å². The van der Waals surface area contributed by atoms with Gasteiger partial charge in [0.25, 0.3) is 0 Å². The van der Waals surface area contributed by atoms with Gasteiger partial charge in [0.05, 0.1) is 12.6 Å². The van der Waals surface area contributed by atoms with Crippen molar-refractivity contribution in [1.29, 1.82) is 0 Å². The van der Waals surface area contributed by atoms with Crippen LogP contribution in [0.15, 0.2) is 60.7 Å². The van der Waals surface area contributed by atoms with E-state index in [1.54, 1.807) is 18.2 Å². The van der Waals surface area contributed by atoms with Crippen LogP contribution in [-0.4, -0.2) is 48.4 Å². The quantitative estimate of drug-likeness (QED) is 0.305. The van der Waals surface area contributed by atoms with Gasteiger partial charge in [-0.1, -0.05) is 41.4 Å². The number of halogens is 3. The van der Waals surface area contributed by atoms with Crippen LogP contribution in [0, 0.1) is 3.57 Å². The molecule has 3 aliphatic rings. The van der Waals surface area contributed by atoms with E-state index in [0.29, 0.717) is 47.4 Å². The first-order valence-corrected chi connectivity index (χ1v) is 15.6. The lowest BCUT2D eigenvalue weighted by Gasteiger charge is -2.47. The minimum atomic E-state index is -1.20. The Hall–Kier alpha value is -2.86. The average molecular weight is 719 g/mol. The molecule has 3 aromatic carbocycles. The van der Waals surface area contributed by atoms with Crippen molar-refractivity contribution < 1.29 is 19.1 Å². The zero-order valence-corrected chi connectivity index (χ0v) is 26.2. The van der Waals surface area contributed by atoms with Crippen LogP contribution in [-0.2, 0) is 19.8 Å². The minimum Gasteiger partial charge on any atom is -0.490 e. The third-order valence-corrected chi connectivity index (χ3v) is 9.63. The number of rotatable bonds is 6. The molecule has 3 amide bonds. The van der Waals surface area contributed by atoms with Gasteiger partial charge in [-0.2, -0.15) is 0 Å². The predicted molar refractivity (Wildman–Crippen MR) is 170 cm³/mol. The van der Waals surface area contributed by atoms with E-state index in [0.717, 1.165) is 20.3 Å². The SMILES string of the molecule is NC(=O)CN1CCC(Oc2ccc(I)cc2[C@H]2NC(=O)C[C@@H](c3cccc(Cl)c3)C23C(=O)Nc2cc(Cl)ccc23)CC1. The zero-order chi connectivity index (χ0) is 29.6. The number of nitrogens with two attached hydrogens (primary N) is 1. The molecule has 3 heterocycles. The number of amides is 3. The number of anilines is 1. The second-order valence-electron chi connectivity index (χ2n) is 11.1. The third kappa shape index (κ3) is 5.36. The van der Waals surface area contributed by atoms with Crippen molar-refractivity contribution in [2.45, 2.75) is 42.7 Å². The molecule has 6 rings (SSSR count). The van der Waals surface area contributed by atoms with Gasteiger partial charge in [-0.05, 0) is 89.0 Å². The summed E-state index contributed by atoms with van der Waals surface area (Å²) in [5, 5.41) is 7.29. The molecule has 1 unspecified atom stereocenters. The fourth-order valence-electron chi connectivity index (χ4n) is 6.71. The normalized spacial score (nSPS) is 24.3. The number of carbonyl (C=O) groups is 3. The molecule has 2 fully saturated rings. The number of ether oxygens (including phenoxy) is 1. The number of piperidine rings is 2. The van der Waals surface area contributed by atoms with E-state index in [1.165, 1.54) is 0 Å². The molecule has 42 heavy (non-hydrogen) atoms. The van der Waals surface area contributed by atoms with Crippen molar-refractivity contribution in [2.24, 2.45) is 5.73 Å². The number of benzene rings is 3. The fourth-order valence-corrected chi connectivity index (χ4v) is 7.59. The van der Waals surface area contributed by atoms with Gasteiger partial charge in [0.2, 0.25) is 17.7 Å². The van der Waals surface area contributed by atoms with Gasteiger partial charge in [0.15, 0.2) is 0 Å². The van der Waals surface area contributed by atoms with Crippen LogP contribution in [0.4, 0.5) is 5.69 Å². The molecule has 2 saturated heterocycles. The highest BCUT2D eigenvalue weighted by molar-refractivity contribution is 14.1. The lowest BCUT2D eigenvalue weighted by Crippen LogP contribution is -2.57. The molecule has 8 nitrogen and oxygen atoms in total. The summed E-state index contributed by atoms with van der Waals surface area (Å²) in [4.78, 5) is 41.2. The number of primary amides is 1. The van der Waals surface area contributed by atoms with E-state index in [9.17, 15) is 14.4 Å². The first-order valence-electron chi connectivity index (χ1n) is 13.8. The highest BCUT2D eigenvalue weighted by atomic mass is 127.